The van der Waals surface area contributed by atoms with Gasteiger partial charge in [-0.05, 0) is 6.92 Å². The molecule has 0 bridgehead atoms. The molecule has 1 aliphatic heterocycles. The van der Waals surface area contributed by atoms with Gasteiger partial charge in [-0.1, -0.05) is 0 Å². The Labute approximate surface area is 125 Å². The molecule has 1 saturated heterocycles. The van der Waals surface area contributed by atoms with Gasteiger partial charge >= 0.3 is 11.9 Å². The highest BCUT2D eigenvalue weighted by Crippen LogP contribution is 2.14. The summed E-state index contributed by atoms with van der Waals surface area (Å²) in [4.78, 5) is 24.4. The fourth-order valence-corrected chi connectivity index (χ4v) is 3.53. The monoisotopic (exact) mass is 322 g/mol. The summed E-state index contributed by atoms with van der Waals surface area (Å²) in [5, 5.41) is -1.20. The molecular formula is C12H22N2O6S. The van der Waals surface area contributed by atoms with E-state index in [-0.39, 0.29) is 12.4 Å². The van der Waals surface area contributed by atoms with Crippen LogP contribution in [0.4, 0.5) is 0 Å². The van der Waals surface area contributed by atoms with Gasteiger partial charge < -0.3 is 14.4 Å². The third-order valence-electron chi connectivity index (χ3n) is 3.53. The zero-order valence-electron chi connectivity index (χ0n) is 12.6. The van der Waals surface area contributed by atoms with E-state index < -0.39 is 21.2 Å². The minimum Gasteiger partial charge on any atom is -0.469 e. The molecule has 0 aromatic carbocycles. The summed E-state index contributed by atoms with van der Waals surface area (Å²) in [5.74, 6) is -1.05. The zero-order chi connectivity index (χ0) is 16.0. The van der Waals surface area contributed by atoms with Gasteiger partial charge in [0.05, 0.1) is 20.6 Å². The third-order valence-corrected chi connectivity index (χ3v) is 5.70. The van der Waals surface area contributed by atoms with E-state index in [2.05, 4.69) is 9.47 Å². The predicted octanol–water partition coefficient (Wildman–Crippen LogP) is -0.942. The largest absolute Gasteiger partial charge is 0.469 e. The molecule has 0 aliphatic carbocycles. The van der Waals surface area contributed by atoms with Crippen LogP contribution in [0.15, 0.2) is 0 Å². The average molecular weight is 322 g/mol. The maximum absolute atomic E-state index is 12.2. The lowest BCUT2D eigenvalue weighted by atomic mass is 10.3. The van der Waals surface area contributed by atoms with Crippen LogP contribution >= 0.6 is 0 Å². The van der Waals surface area contributed by atoms with Gasteiger partial charge in [0.15, 0.2) is 5.25 Å². The fourth-order valence-electron chi connectivity index (χ4n) is 2.07. The molecule has 0 radical (unpaired) electrons. The number of methoxy groups -OCH3 is 2. The van der Waals surface area contributed by atoms with E-state index in [4.69, 9.17) is 0 Å². The number of piperazine rings is 1. The highest BCUT2D eigenvalue weighted by atomic mass is 32.2. The molecule has 1 atom stereocenters. The van der Waals surface area contributed by atoms with Crippen LogP contribution in [-0.2, 0) is 29.1 Å². The zero-order valence-corrected chi connectivity index (χ0v) is 13.4. The molecule has 0 spiro atoms. The van der Waals surface area contributed by atoms with Crippen molar-refractivity contribution in [3.8, 4) is 0 Å². The summed E-state index contributed by atoms with van der Waals surface area (Å²) in [7, 11) is -1.19. The first-order chi connectivity index (χ1) is 9.82. The predicted molar refractivity (Wildman–Crippen MR) is 75.0 cm³/mol. The Bertz CT molecular complexity index is 470. The lowest BCUT2D eigenvalue weighted by Crippen LogP contribution is -2.52. The van der Waals surface area contributed by atoms with Gasteiger partial charge in [0, 0.05) is 32.7 Å². The number of carbonyl (C=O) groups is 2. The van der Waals surface area contributed by atoms with Crippen molar-refractivity contribution in [3.05, 3.63) is 0 Å². The van der Waals surface area contributed by atoms with Crippen molar-refractivity contribution < 1.29 is 27.5 Å². The Morgan fingerprint density at radius 3 is 2.14 bits per heavy atom. The molecular weight excluding hydrogens is 300 g/mol. The first kappa shape index (κ1) is 17.9. The van der Waals surface area contributed by atoms with E-state index in [1.54, 1.807) is 0 Å². The Kier molecular flexibility index (Phi) is 6.56. The molecule has 0 amide bonds. The van der Waals surface area contributed by atoms with E-state index >= 15 is 0 Å². The van der Waals surface area contributed by atoms with Crippen LogP contribution in [0.5, 0.6) is 0 Å². The second-order valence-electron chi connectivity index (χ2n) is 4.78. The molecule has 1 rings (SSSR count). The second-order valence-corrected chi connectivity index (χ2v) is 7.03. The van der Waals surface area contributed by atoms with Crippen LogP contribution < -0.4 is 0 Å². The standard InChI is InChI=1S/C12H22N2O6S/c1-10(12(16)20-3)21(17,18)14-8-6-13(7-9-14)5-4-11(15)19-2/h10H,4-9H2,1-3H3. The van der Waals surface area contributed by atoms with E-state index in [9.17, 15) is 18.0 Å². The van der Waals surface area contributed by atoms with E-state index in [1.165, 1.54) is 25.4 Å². The minimum atomic E-state index is -3.69. The topological polar surface area (TPSA) is 93.2 Å². The Balaban J connectivity index is 2.52. The van der Waals surface area contributed by atoms with Crippen molar-refractivity contribution >= 4 is 22.0 Å². The van der Waals surface area contributed by atoms with Crippen molar-refractivity contribution in [1.82, 2.24) is 9.21 Å². The van der Waals surface area contributed by atoms with Crippen molar-refractivity contribution in [2.24, 2.45) is 0 Å². The summed E-state index contributed by atoms with van der Waals surface area (Å²) >= 11 is 0. The number of esters is 2. The minimum absolute atomic E-state index is 0.280. The molecule has 0 aromatic rings. The Morgan fingerprint density at radius 1 is 1.10 bits per heavy atom. The van der Waals surface area contributed by atoms with Gasteiger partial charge in [0.25, 0.3) is 0 Å². The molecule has 122 valence electrons. The highest BCUT2D eigenvalue weighted by molar-refractivity contribution is 7.90. The number of hydrogen-bond acceptors (Lipinski definition) is 7. The number of carbonyl (C=O) groups excluding carboxylic acids is 2. The molecule has 8 nitrogen and oxygen atoms in total. The SMILES string of the molecule is COC(=O)CCN1CCN(S(=O)(=O)C(C)C(=O)OC)CC1. The molecule has 0 aromatic heterocycles. The van der Waals surface area contributed by atoms with Crippen LogP contribution in [-0.4, -0.2) is 81.8 Å². The highest BCUT2D eigenvalue weighted by Gasteiger charge is 2.36. The van der Waals surface area contributed by atoms with Crippen LogP contribution in [0, 0.1) is 0 Å². The van der Waals surface area contributed by atoms with E-state index in [0.717, 1.165) is 0 Å². The van der Waals surface area contributed by atoms with Gasteiger partial charge in [-0.15, -0.1) is 0 Å². The van der Waals surface area contributed by atoms with E-state index in [1.807, 2.05) is 4.90 Å². The molecule has 1 aliphatic rings. The molecule has 1 heterocycles. The lowest BCUT2D eigenvalue weighted by molar-refractivity contribution is -0.141. The quantitative estimate of drug-likeness (QED) is 0.583. The number of hydrogen-bond donors (Lipinski definition) is 0. The smallest absolute Gasteiger partial charge is 0.325 e. The first-order valence-corrected chi connectivity index (χ1v) is 8.19. The Hall–Kier alpha value is -1.19. The molecule has 9 heteroatoms. The lowest BCUT2D eigenvalue weighted by Gasteiger charge is -2.34. The van der Waals surface area contributed by atoms with Crippen molar-refractivity contribution in [2.45, 2.75) is 18.6 Å². The fraction of sp³-hybridized carbons (Fsp3) is 0.833. The second kappa shape index (κ2) is 7.71. The first-order valence-electron chi connectivity index (χ1n) is 6.69. The number of nitrogens with zero attached hydrogens (tertiary/aromatic N) is 2. The van der Waals surface area contributed by atoms with Crippen molar-refractivity contribution in [2.75, 3.05) is 46.9 Å². The summed E-state index contributed by atoms with van der Waals surface area (Å²) in [6.07, 6.45) is 0.280. The summed E-state index contributed by atoms with van der Waals surface area (Å²) in [6, 6.07) is 0. The summed E-state index contributed by atoms with van der Waals surface area (Å²) in [5.41, 5.74) is 0. The molecule has 1 fully saturated rings. The van der Waals surface area contributed by atoms with Crippen molar-refractivity contribution in [1.29, 1.82) is 0 Å². The van der Waals surface area contributed by atoms with Gasteiger partial charge in [0.1, 0.15) is 0 Å². The molecule has 0 N–H and O–H groups in total. The van der Waals surface area contributed by atoms with Crippen LogP contribution in [0.3, 0.4) is 0 Å². The molecule has 1 unspecified atom stereocenters. The van der Waals surface area contributed by atoms with Crippen LogP contribution in [0.25, 0.3) is 0 Å². The molecule has 0 saturated carbocycles. The van der Waals surface area contributed by atoms with Gasteiger partial charge in [-0.2, -0.15) is 4.31 Å². The van der Waals surface area contributed by atoms with Crippen LogP contribution in [0.1, 0.15) is 13.3 Å². The van der Waals surface area contributed by atoms with E-state index in [0.29, 0.717) is 32.7 Å². The number of rotatable bonds is 6. The maximum Gasteiger partial charge on any atom is 0.325 e. The number of sulfonamides is 1. The maximum atomic E-state index is 12.2. The third kappa shape index (κ3) is 4.65. The van der Waals surface area contributed by atoms with Crippen LogP contribution in [0.2, 0.25) is 0 Å². The summed E-state index contributed by atoms with van der Waals surface area (Å²) < 4.78 is 34.8. The summed E-state index contributed by atoms with van der Waals surface area (Å²) in [6.45, 7) is 3.49. The average Bonchev–Trinajstić information content (AvgIpc) is 2.51. The van der Waals surface area contributed by atoms with Gasteiger partial charge in [-0.3, -0.25) is 9.59 Å². The molecule has 21 heavy (non-hydrogen) atoms. The number of ether oxygens (including phenoxy) is 2. The van der Waals surface area contributed by atoms with Gasteiger partial charge in [-0.25, -0.2) is 8.42 Å². The normalized spacial score (nSPS) is 19.0. The Morgan fingerprint density at radius 2 is 1.67 bits per heavy atom. The van der Waals surface area contributed by atoms with Crippen molar-refractivity contribution in [3.63, 3.8) is 0 Å². The van der Waals surface area contributed by atoms with Gasteiger partial charge in [0.2, 0.25) is 10.0 Å².